The van der Waals surface area contributed by atoms with Crippen molar-refractivity contribution in [1.82, 2.24) is 9.97 Å². The Bertz CT molecular complexity index is 632. The van der Waals surface area contributed by atoms with Crippen molar-refractivity contribution in [3.05, 3.63) is 29.0 Å². The van der Waals surface area contributed by atoms with Gasteiger partial charge < -0.3 is 9.47 Å². The van der Waals surface area contributed by atoms with Gasteiger partial charge in [-0.15, -0.1) is 0 Å². The molecule has 20 heavy (non-hydrogen) atoms. The average molecular weight is 358 g/mol. The fourth-order valence-electron chi connectivity index (χ4n) is 2.31. The van der Waals surface area contributed by atoms with Crippen LogP contribution >= 0.6 is 27.5 Å². The fourth-order valence-corrected chi connectivity index (χ4v) is 2.96. The fraction of sp³-hybridized carbons (Fsp3) is 0.429. The van der Waals surface area contributed by atoms with Crippen molar-refractivity contribution in [2.75, 3.05) is 7.11 Å². The molecular weight excluding hydrogens is 344 g/mol. The number of hydrogen-bond donors (Lipinski definition) is 0. The van der Waals surface area contributed by atoms with E-state index in [4.69, 9.17) is 21.1 Å². The van der Waals surface area contributed by atoms with Crippen molar-refractivity contribution in [2.45, 2.75) is 30.4 Å². The average Bonchev–Trinajstić information content (AvgIpc) is 2.41. The van der Waals surface area contributed by atoms with E-state index in [1.165, 1.54) is 0 Å². The van der Waals surface area contributed by atoms with Crippen molar-refractivity contribution in [3.8, 4) is 5.75 Å². The Morgan fingerprint density at radius 2 is 2.15 bits per heavy atom. The lowest BCUT2D eigenvalue weighted by atomic mass is 9.92. The minimum Gasteiger partial charge on any atom is -0.488 e. The first-order chi connectivity index (χ1) is 9.71. The van der Waals surface area contributed by atoms with E-state index in [9.17, 15) is 0 Å². The summed E-state index contributed by atoms with van der Waals surface area (Å²) in [4.78, 5) is 8.74. The van der Waals surface area contributed by atoms with Gasteiger partial charge >= 0.3 is 0 Å². The first kappa shape index (κ1) is 14.0. The van der Waals surface area contributed by atoms with E-state index in [0.717, 1.165) is 35.2 Å². The van der Waals surface area contributed by atoms with Crippen LogP contribution in [0.5, 0.6) is 5.75 Å². The van der Waals surface area contributed by atoms with Crippen LogP contribution in [-0.4, -0.2) is 29.3 Å². The van der Waals surface area contributed by atoms with E-state index < -0.39 is 0 Å². The van der Waals surface area contributed by atoms with Gasteiger partial charge in [0.05, 0.1) is 11.6 Å². The number of methoxy groups -OCH3 is 1. The van der Waals surface area contributed by atoms with Gasteiger partial charge in [0.1, 0.15) is 22.5 Å². The number of ether oxygens (including phenoxy) is 2. The van der Waals surface area contributed by atoms with Gasteiger partial charge in [0.25, 0.3) is 0 Å². The molecule has 1 fully saturated rings. The number of rotatable bonds is 4. The summed E-state index contributed by atoms with van der Waals surface area (Å²) in [5.74, 6) is 0.735. The molecule has 0 amide bonds. The summed E-state index contributed by atoms with van der Waals surface area (Å²) in [6, 6.07) is 3.66. The zero-order valence-corrected chi connectivity index (χ0v) is 13.3. The van der Waals surface area contributed by atoms with Crippen LogP contribution in [0.3, 0.4) is 0 Å². The predicted octanol–water partition coefficient (Wildman–Crippen LogP) is 3.73. The summed E-state index contributed by atoms with van der Waals surface area (Å²) >= 11 is 9.52. The molecule has 0 saturated heterocycles. The Balaban J connectivity index is 1.93. The normalized spacial score (nSPS) is 21.8. The number of hydrogen-bond acceptors (Lipinski definition) is 4. The highest BCUT2D eigenvalue weighted by atomic mass is 79.9. The summed E-state index contributed by atoms with van der Waals surface area (Å²) in [6.07, 6.45) is 4.05. The molecule has 0 unspecified atom stereocenters. The third kappa shape index (κ3) is 2.62. The Hall–Kier alpha value is -0.910. The Labute approximate surface area is 130 Å². The predicted molar refractivity (Wildman–Crippen MR) is 81.6 cm³/mol. The van der Waals surface area contributed by atoms with E-state index in [1.54, 1.807) is 13.3 Å². The molecule has 0 N–H and O–H groups in total. The van der Waals surface area contributed by atoms with Gasteiger partial charge in [-0.25, -0.2) is 4.98 Å². The molecule has 4 nitrogen and oxygen atoms in total. The molecule has 0 aromatic carbocycles. The highest BCUT2D eigenvalue weighted by molar-refractivity contribution is 9.08. The number of halogens is 2. The van der Waals surface area contributed by atoms with Crippen LogP contribution in [0.25, 0.3) is 11.0 Å². The molecule has 2 aromatic heterocycles. The maximum atomic E-state index is 6.07. The van der Waals surface area contributed by atoms with E-state index >= 15 is 0 Å². The zero-order valence-electron chi connectivity index (χ0n) is 11.0. The first-order valence-corrected chi connectivity index (χ1v) is 7.90. The number of fused-ring (bicyclic) bond motifs is 1. The first-order valence-electron chi connectivity index (χ1n) is 6.40. The molecule has 2 aromatic rings. The maximum absolute atomic E-state index is 6.07. The van der Waals surface area contributed by atoms with Gasteiger partial charge in [0, 0.05) is 37.5 Å². The van der Waals surface area contributed by atoms with E-state index in [2.05, 4.69) is 25.9 Å². The summed E-state index contributed by atoms with van der Waals surface area (Å²) < 4.78 is 11.3. The Kier molecular flexibility index (Phi) is 4.10. The van der Waals surface area contributed by atoms with Crippen LogP contribution in [0.1, 0.15) is 18.4 Å². The van der Waals surface area contributed by atoms with E-state index in [1.807, 2.05) is 12.1 Å². The molecule has 0 spiro atoms. The van der Waals surface area contributed by atoms with Crippen molar-refractivity contribution < 1.29 is 9.47 Å². The standard InChI is InChI=1S/C14H14BrClN2O2/c1-19-9-5-10(6-9)20-11-2-3-17-13-8(7-15)4-12(16)18-14(11)13/h2-4,9-10H,5-7H2,1H3/t9-,10-. The quantitative estimate of drug-likeness (QED) is 0.618. The van der Waals surface area contributed by atoms with Crippen LogP contribution in [0.4, 0.5) is 0 Å². The summed E-state index contributed by atoms with van der Waals surface area (Å²) in [5.41, 5.74) is 2.55. The number of alkyl halides is 1. The molecule has 1 aliphatic rings. The SMILES string of the molecule is CO[C@H]1C[C@H](Oc2ccnc3c(CBr)cc(Cl)nc23)C1. The number of pyridine rings is 2. The molecular formula is C14H14BrClN2O2. The zero-order chi connectivity index (χ0) is 14.1. The van der Waals surface area contributed by atoms with Gasteiger partial charge in [-0.2, -0.15) is 0 Å². The van der Waals surface area contributed by atoms with Crippen LogP contribution in [0.15, 0.2) is 18.3 Å². The number of nitrogens with zero attached hydrogens (tertiary/aromatic N) is 2. The largest absolute Gasteiger partial charge is 0.488 e. The van der Waals surface area contributed by atoms with Crippen LogP contribution in [0, 0.1) is 0 Å². The molecule has 6 heteroatoms. The molecule has 0 aliphatic heterocycles. The molecule has 1 saturated carbocycles. The highest BCUT2D eigenvalue weighted by Gasteiger charge is 2.31. The van der Waals surface area contributed by atoms with Crippen LogP contribution in [-0.2, 0) is 10.1 Å². The van der Waals surface area contributed by atoms with E-state index in [-0.39, 0.29) is 6.10 Å². The van der Waals surface area contributed by atoms with Gasteiger partial charge in [0.15, 0.2) is 0 Å². The van der Waals surface area contributed by atoms with Gasteiger partial charge in [-0.3, -0.25) is 4.98 Å². The molecule has 1 aliphatic carbocycles. The molecule has 0 radical (unpaired) electrons. The second-order valence-corrected chi connectivity index (χ2v) is 5.76. The second-order valence-electron chi connectivity index (χ2n) is 4.81. The maximum Gasteiger partial charge on any atom is 0.149 e. The van der Waals surface area contributed by atoms with Crippen molar-refractivity contribution in [3.63, 3.8) is 0 Å². The minimum atomic E-state index is 0.179. The molecule has 0 bridgehead atoms. The molecule has 0 atom stereocenters. The second kappa shape index (κ2) is 5.84. The van der Waals surface area contributed by atoms with Crippen molar-refractivity contribution in [2.24, 2.45) is 0 Å². The van der Waals surface area contributed by atoms with Crippen LogP contribution < -0.4 is 4.74 Å². The lowest BCUT2D eigenvalue weighted by Gasteiger charge is -2.34. The Morgan fingerprint density at radius 3 is 2.85 bits per heavy atom. The molecule has 106 valence electrons. The van der Waals surface area contributed by atoms with Crippen molar-refractivity contribution in [1.29, 1.82) is 0 Å². The minimum absolute atomic E-state index is 0.179. The summed E-state index contributed by atoms with van der Waals surface area (Å²) in [6.45, 7) is 0. The van der Waals surface area contributed by atoms with E-state index in [0.29, 0.717) is 16.6 Å². The lowest BCUT2D eigenvalue weighted by molar-refractivity contribution is -0.0376. The lowest BCUT2D eigenvalue weighted by Crippen LogP contribution is -2.38. The topological polar surface area (TPSA) is 44.2 Å². The van der Waals surface area contributed by atoms with Gasteiger partial charge in [0.2, 0.25) is 0 Å². The number of aromatic nitrogens is 2. The van der Waals surface area contributed by atoms with Crippen molar-refractivity contribution >= 4 is 38.6 Å². The smallest absolute Gasteiger partial charge is 0.149 e. The molecule has 2 heterocycles. The van der Waals surface area contributed by atoms with Gasteiger partial charge in [-0.1, -0.05) is 27.5 Å². The molecule has 3 rings (SSSR count). The Morgan fingerprint density at radius 1 is 1.35 bits per heavy atom. The summed E-state index contributed by atoms with van der Waals surface area (Å²) in [7, 11) is 1.73. The summed E-state index contributed by atoms with van der Waals surface area (Å²) in [5, 5.41) is 1.13. The monoisotopic (exact) mass is 356 g/mol. The third-order valence-electron chi connectivity index (χ3n) is 3.53. The van der Waals surface area contributed by atoms with Gasteiger partial charge in [-0.05, 0) is 11.6 Å². The van der Waals surface area contributed by atoms with Crippen LogP contribution in [0.2, 0.25) is 5.15 Å². The third-order valence-corrected chi connectivity index (χ3v) is 4.32. The highest BCUT2D eigenvalue weighted by Crippen LogP contribution is 2.32.